The Kier molecular flexibility index (Phi) is 4.07. The number of carbonyl (C=O) groups is 2. The lowest BCUT2D eigenvalue weighted by Gasteiger charge is -2.29. The summed E-state index contributed by atoms with van der Waals surface area (Å²) in [4.78, 5) is 22.1. The van der Waals surface area contributed by atoms with Crippen LogP contribution in [0.15, 0.2) is 0 Å². The summed E-state index contributed by atoms with van der Waals surface area (Å²) in [5, 5.41) is 0. The highest BCUT2D eigenvalue weighted by atomic mass is 16.7. The van der Waals surface area contributed by atoms with E-state index in [1.54, 1.807) is 6.92 Å². The van der Waals surface area contributed by atoms with Gasteiger partial charge in [0.1, 0.15) is 6.61 Å². The Hall–Kier alpha value is -0.900. The summed E-state index contributed by atoms with van der Waals surface area (Å²) in [6.07, 6.45) is 1.06. The normalized spacial score (nSPS) is 27.4. The molecule has 0 N–H and O–H groups in total. The second-order valence-corrected chi connectivity index (χ2v) is 3.43. The molecule has 2 atom stereocenters. The third-order valence-electron chi connectivity index (χ3n) is 2.34. The van der Waals surface area contributed by atoms with Gasteiger partial charge in [0.2, 0.25) is 6.29 Å². The molecule has 2 unspecified atom stereocenters. The summed E-state index contributed by atoms with van der Waals surface area (Å²) in [7, 11) is 0. The molecule has 1 heterocycles. The van der Waals surface area contributed by atoms with Gasteiger partial charge in [-0.2, -0.15) is 0 Å². The Balaban J connectivity index is 2.50. The zero-order valence-corrected chi connectivity index (χ0v) is 8.62. The van der Waals surface area contributed by atoms with Crippen LogP contribution in [-0.2, 0) is 19.1 Å². The highest BCUT2D eigenvalue weighted by Crippen LogP contribution is 2.23. The van der Waals surface area contributed by atoms with E-state index in [1.165, 1.54) is 0 Å². The molecule has 4 heteroatoms. The van der Waals surface area contributed by atoms with E-state index in [0.717, 1.165) is 6.42 Å². The lowest BCUT2D eigenvalue weighted by atomic mass is 9.97. The smallest absolute Gasteiger partial charge is 0.307 e. The topological polar surface area (TPSA) is 52.6 Å². The number of Topliss-reactive ketones (excluding diaryl/α,β-unsaturated/α-hetero) is 1. The van der Waals surface area contributed by atoms with Crippen LogP contribution in [0.4, 0.5) is 0 Å². The molecule has 1 rings (SSSR count). The third kappa shape index (κ3) is 2.80. The van der Waals surface area contributed by atoms with E-state index in [-0.39, 0.29) is 24.3 Å². The van der Waals surface area contributed by atoms with Gasteiger partial charge in [0.05, 0.1) is 0 Å². The number of carbonyl (C=O) groups excluding carboxylic acids is 2. The fraction of sp³-hybridized carbons (Fsp3) is 0.800. The van der Waals surface area contributed by atoms with Crippen LogP contribution in [-0.4, -0.2) is 24.6 Å². The maximum atomic E-state index is 11.1. The molecule has 1 aliphatic heterocycles. The van der Waals surface area contributed by atoms with E-state index in [9.17, 15) is 9.59 Å². The van der Waals surface area contributed by atoms with Gasteiger partial charge in [-0.25, -0.2) is 0 Å². The van der Waals surface area contributed by atoms with Gasteiger partial charge in [-0.1, -0.05) is 13.8 Å². The van der Waals surface area contributed by atoms with Gasteiger partial charge in [-0.15, -0.1) is 0 Å². The molecule has 1 saturated heterocycles. The molecule has 0 aromatic heterocycles. The first-order valence-electron chi connectivity index (χ1n) is 5.00. The van der Waals surface area contributed by atoms with Gasteiger partial charge in [0.25, 0.3) is 0 Å². The Bertz CT molecular complexity index is 224. The number of ether oxygens (including phenoxy) is 2. The molecule has 0 aromatic rings. The minimum absolute atomic E-state index is 0.0201. The molecule has 1 aliphatic rings. The monoisotopic (exact) mass is 200 g/mol. The zero-order valence-electron chi connectivity index (χ0n) is 8.62. The zero-order chi connectivity index (χ0) is 10.6. The van der Waals surface area contributed by atoms with Crippen molar-refractivity contribution in [1.82, 2.24) is 0 Å². The molecule has 0 amide bonds. The number of hydrogen-bond donors (Lipinski definition) is 0. The maximum absolute atomic E-state index is 11.1. The standard InChI is InChI=1S/C10H16O4/c1-3-7-5-8(11)6-13-10(7)14-9(12)4-2/h7,10H,3-6H2,1-2H3. The summed E-state index contributed by atoms with van der Waals surface area (Å²) in [6, 6.07) is 0. The molecular weight excluding hydrogens is 184 g/mol. The molecule has 0 spiro atoms. The fourth-order valence-electron chi connectivity index (χ4n) is 1.44. The van der Waals surface area contributed by atoms with Gasteiger partial charge in [0, 0.05) is 18.8 Å². The van der Waals surface area contributed by atoms with Crippen LogP contribution < -0.4 is 0 Å². The summed E-state index contributed by atoms with van der Waals surface area (Å²) in [5.74, 6) is -0.171. The second kappa shape index (κ2) is 5.10. The van der Waals surface area contributed by atoms with Crippen molar-refractivity contribution in [3.05, 3.63) is 0 Å². The van der Waals surface area contributed by atoms with Gasteiger partial charge in [-0.3, -0.25) is 9.59 Å². The summed E-state index contributed by atoms with van der Waals surface area (Å²) in [5.41, 5.74) is 0. The summed E-state index contributed by atoms with van der Waals surface area (Å²) in [6.45, 7) is 3.76. The maximum Gasteiger partial charge on any atom is 0.307 e. The Morgan fingerprint density at radius 2 is 2.29 bits per heavy atom. The van der Waals surface area contributed by atoms with Crippen molar-refractivity contribution in [2.45, 2.75) is 39.4 Å². The molecule has 0 radical (unpaired) electrons. The molecule has 4 nitrogen and oxygen atoms in total. The molecule has 0 aromatic carbocycles. The highest BCUT2D eigenvalue weighted by Gasteiger charge is 2.31. The average Bonchev–Trinajstić information content (AvgIpc) is 2.20. The van der Waals surface area contributed by atoms with Crippen LogP contribution in [0.1, 0.15) is 33.1 Å². The number of rotatable bonds is 3. The molecule has 80 valence electrons. The van der Waals surface area contributed by atoms with E-state index in [0.29, 0.717) is 12.8 Å². The van der Waals surface area contributed by atoms with Crippen molar-refractivity contribution >= 4 is 11.8 Å². The molecular formula is C10H16O4. The quantitative estimate of drug-likeness (QED) is 0.644. The molecule has 14 heavy (non-hydrogen) atoms. The Morgan fingerprint density at radius 3 is 2.86 bits per heavy atom. The van der Waals surface area contributed by atoms with Crippen LogP contribution in [0.3, 0.4) is 0 Å². The lowest BCUT2D eigenvalue weighted by Crippen LogP contribution is -2.37. The van der Waals surface area contributed by atoms with Gasteiger partial charge < -0.3 is 9.47 Å². The van der Waals surface area contributed by atoms with E-state index in [2.05, 4.69) is 0 Å². The molecule has 0 saturated carbocycles. The Morgan fingerprint density at radius 1 is 1.57 bits per heavy atom. The van der Waals surface area contributed by atoms with E-state index >= 15 is 0 Å². The largest absolute Gasteiger partial charge is 0.435 e. The fourth-order valence-corrected chi connectivity index (χ4v) is 1.44. The second-order valence-electron chi connectivity index (χ2n) is 3.43. The van der Waals surface area contributed by atoms with Crippen molar-refractivity contribution in [3.63, 3.8) is 0 Å². The highest BCUT2D eigenvalue weighted by molar-refractivity contribution is 5.80. The van der Waals surface area contributed by atoms with E-state index in [4.69, 9.17) is 9.47 Å². The predicted octanol–water partition coefficient (Wildman–Crippen LogP) is 1.28. The minimum atomic E-state index is -0.523. The summed E-state index contributed by atoms with van der Waals surface area (Å²) >= 11 is 0. The first-order valence-corrected chi connectivity index (χ1v) is 5.00. The number of hydrogen-bond acceptors (Lipinski definition) is 4. The summed E-state index contributed by atoms with van der Waals surface area (Å²) < 4.78 is 10.3. The SMILES string of the molecule is CCC(=O)OC1OCC(=O)CC1CC. The molecule has 1 fully saturated rings. The molecule has 0 aliphatic carbocycles. The van der Waals surface area contributed by atoms with Gasteiger partial charge >= 0.3 is 5.97 Å². The van der Waals surface area contributed by atoms with Crippen molar-refractivity contribution in [2.24, 2.45) is 5.92 Å². The Labute approximate surface area is 83.6 Å². The van der Waals surface area contributed by atoms with Crippen LogP contribution in [0, 0.1) is 5.92 Å². The van der Waals surface area contributed by atoms with E-state index in [1.807, 2.05) is 6.92 Å². The van der Waals surface area contributed by atoms with Crippen molar-refractivity contribution in [2.75, 3.05) is 6.61 Å². The van der Waals surface area contributed by atoms with Crippen LogP contribution >= 0.6 is 0 Å². The van der Waals surface area contributed by atoms with Crippen molar-refractivity contribution < 1.29 is 19.1 Å². The molecule has 0 bridgehead atoms. The first kappa shape index (κ1) is 11.2. The van der Waals surface area contributed by atoms with Crippen LogP contribution in [0.2, 0.25) is 0 Å². The number of ketones is 1. The van der Waals surface area contributed by atoms with Crippen molar-refractivity contribution in [3.8, 4) is 0 Å². The third-order valence-corrected chi connectivity index (χ3v) is 2.34. The average molecular weight is 200 g/mol. The first-order chi connectivity index (χ1) is 6.67. The van der Waals surface area contributed by atoms with Gasteiger partial charge in [0.15, 0.2) is 5.78 Å². The lowest BCUT2D eigenvalue weighted by molar-refractivity contribution is -0.202. The van der Waals surface area contributed by atoms with Crippen molar-refractivity contribution in [1.29, 1.82) is 0 Å². The van der Waals surface area contributed by atoms with Gasteiger partial charge in [-0.05, 0) is 6.42 Å². The predicted molar refractivity (Wildman–Crippen MR) is 49.5 cm³/mol. The number of esters is 1. The minimum Gasteiger partial charge on any atom is -0.435 e. The van der Waals surface area contributed by atoms with Crippen LogP contribution in [0.5, 0.6) is 0 Å². The van der Waals surface area contributed by atoms with E-state index < -0.39 is 6.29 Å². The van der Waals surface area contributed by atoms with Crippen LogP contribution in [0.25, 0.3) is 0 Å².